The number of alkyl halides is 2. The molecule has 0 spiro atoms. The summed E-state index contributed by atoms with van der Waals surface area (Å²) in [6.07, 6.45) is 3.37. The molecule has 7 rings (SSSR count). The van der Waals surface area contributed by atoms with Crippen molar-refractivity contribution in [3.8, 4) is 11.5 Å². The predicted octanol–water partition coefficient (Wildman–Crippen LogP) is 5.95. The van der Waals surface area contributed by atoms with Crippen molar-refractivity contribution in [1.82, 2.24) is 0 Å². The van der Waals surface area contributed by atoms with E-state index >= 15 is 0 Å². The van der Waals surface area contributed by atoms with Crippen LogP contribution in [0.15, 0.2) is 85.0 Å². The summed E-state index contributed by atoms with van der Waals surface area (Å²) in [5.41, 5.74) is 2.01. The highest BCUT2D eigenvalue weighted by molar-refractivity contribution is 6.58. The third-order valence-electron chi connectivity index (χ3n) is 9.83. The van der Waals surface area contributed by atoms with Gasteiger partial charge >= 0.3 is 0 Å². The average Bonchev–Trinajstić information content (AvgIpc) is 3.39. The number of amides is 4. The number of carbonyl (C=O) groups is 4. The minimum Gasteiger partial charge on any atom is -0.508 e. The van der Waals surface area contributed by atoms with Crippen LogP contribution in [0, 0.1) is 23.6 Å². The molecule has 3 aromatic rings. The Morgan fingerprint density at radius 2 is 1.57 bits per heavy atom. The number of anilines is 2. The molecule has 2 heterocycles. The van der Waals surface area contributed by atoms with Crippen molar-refractivity contribution >= 4 is 64.3 Å². The van der Waals surface area contributed by atoms with E-state index in [9.17, 15) is 28.7 Å². The molecule has 4 aliphatic rings. The molecule has 2 aliphatic carbocycles. The molecule has 3 aromatic carbocycles. The summed E-state index contributed by atoms with van der Waals surface area (Å²) in [4.78, 5) is 54.5. The smallest absolute Gasteiger partial charge is 0.258 e. The van der Waals surface area contributed by atoms with Gasteiger partial charge in [-0.05, 0) is 66.8 Å². The molecular weight excluding hydrogens is 634 g/mol. The van der Waals surface area contributed by atoms with E-state index in [1.807, 2.05) is 0 Å². The number of methoxy groups -OCH3 is 1. The number of phenols is 1. The summed E-state index contributed by atoms with van der Waals surface area (Å²) >= 11 is 14.7. The molecule has 11 heteroatoms. The first-order valence-corrected chi connectivity index (χ1v) is 15.4. The zero-order valence-corrected chi connectivity index (χ0v) is 26.0. The van der Waals surface area contributed by atoms with Crippen LogP contribution in [0.4, 0.5) is 15.8 Å². The molecule has 4 amide bonds. The van der Waals surface area contributed by atoms with E-state index in [1.165, 1.54) is 25.3 Å². The summed E-state index contributed by atoms with van der Waals surface area (Å²) in [6.45, 7) is 3.74. The predicted molar refractivity (Wildman–Crippen MR) is 170 cm³/mol. The summed E-state index contributed by atoms with van der Waals surface area (Å²) in [5.74, 6) is -6.63. The van der Waals surface area contributed by atoms with Gasteiger partial charge in [0.25, 0.3) is 11.8 Å². The second-order valence-corrected chi connectivity index (χ2v) is 13.2. The maximum absolute atomic E-state index is 14.4. The fourth-order valence-corrected chi connectivity index (χ4v) is 8.58. The van der Waals surface area contributed by atoms with E-state index in [2.05, 4.69) is 6.58 Å². The minimum absolute atomic E-state index is 0.0691. The number of allylic oxidation sites excluding steroid dienone is 2. The number of benzene rings is 3. The third kappa shape index (κ3) is 3.97. The second-order valence-electron chi connectivity index (χ2n) is 12.0. The first-order chi connectivity index (χ1) is 22.0. The molecule has 1 N–H and O–H groups in total. The Hall–Kier alpha value is -4.47. The van der Waals surface area contributed by atoms with Crippen LogP contribution in [0.1, 0.15) is 29.9 Å². The van der Waals surface area contributed by atoms with Crippen LogP contribution in [0.3, 0.4) is 0 Å². The van der Waals surface area contributed by atoms with E-state index in [0.717, 1.165) is 27.5 Å². The zero-order valence-electron chi connectivity index (χ0n) is 24.5. The van der Waals surface area contributed by atoms with Crippen molar-refractivity contribution in [2.24, 2.45) is 17.8 Å². The quantitative estimate of drug-likeness (QED) is 0.206. The van der Waals surface area contributed by atoms with Gasteiger partial charge in [0, 0.05) is 17.5 Å². The van der Waals surface area contributed by atoms with Crippen molar-refractivity contribution in [2.45, 2.75) is 28.5 Å². The number of ether oxygens (including phenoxy) is 1. The summed E-state index contributed by atoms with van der Waals surface area (Å²) in [7, 11) is 1.43. The van der Waals surface area contributed by atoms with Crippen LogP contribution in [-0.4, -0.2) is 45.6 Å². The molecule has 234 valence electrons. The van der Waals surface area contributed by atoms with Gasteiger partial charge in [0.1, 0.15) is 17.3 Å². The number of carbonyl (C=O) groups excluding carboxylic acids is 4. The summed E-state index contributed by atoms with van der Waals surface area (Å²) in [6, 6.07) is 16.1. The lowest BCUT2D eigenvalue weighted by Gasteiger charge is -2.50. The van der Waals surface area contributed by atoms with Crippen LogP contribution in [0.2, 0.25) is 0 Å². The van der Waals surface area contributed by atoms with E-state index in [-0.39, 0.29) is 35.7 Å². The summed E-state index contributed by atoms with van der Waals surface area (Å²) in [5, 5.41) is 11.3. The van der Waals surface area contributed by atoms with Crippen LogP contribution in [-0.2, 0) is 19.2 Å². The molecule has 2 aliphatic heterocycles. The van der Waals surface area contributed by atoms with Gasteiger partial charge in [-0.1, -0.05) is 42.5 Å². The van der Waals surface area contributed by atoms with Crippen LogP contribution >= 0.6 is 23.2 Å². The lowest BCUT2D eigenvalue weighted by molar-refractivity contribution is -0.125. The number of rotatable bonds is 5. The molecular formula is C35H27Cl2FN2O6. The zero-order chi connectivity index (χ0) is 32.7. The molecule has 1 saturated carbocycles. The molecule has 0 bridgehead atoms. The Kier molecular flexibility index (Phi) is 6.92. The molecule has 2 saturated heterocycles. The lowest BCUT2D eigenvalue weighted by Crippen LogP contribution is -2.60. The largest absolute Gasteiger partial charge is 0.508 e. The van der Waals surface area contributed by atoms with Crippen LogP contribution in [0.5, 0.6) is 11.5 Å². The monoisotopic (exact) mass is 660 g/mol. The van der Waals surface area contributed by atoms with Gasteiger partial charge in [-0.15, -0.1) is 23.2 Å². The highest BCUT2D eigenvalue weighted by Gasteiger charge is 2.77. The highest BCUT2D eigenvalue weighted by atomic mass is 35.5. The Morgan fingerprint density at radius 1 is 0.913 bits per heavy atom. The van der Waals surface area contributed by atoms with E-state index in [0.29, 0.717) is 17.0 Å². The van der Waals surface area contributed by atoms with Gasteiger partial charge in [0.2, 0.25) is 11.8 Å². The van der Waals surface area contributed by atoms with E-state index < -0.39 is 57.0 Å². The number of aromatic hydroxyl groups is 1. The Labute approximate surface area is 273 Å². The lowest BCUT2D eigenvalue weighted by atomic mass is 9.56. The number of nitrogens with zero attached hydrogens (tertiary/aromatic N) is 2. The Bertz CT molecular complexity index is 1880. The fraction of sp³-hybridized carbons (Fsp3) is 0.257. The van der Waals surface area contributed by atoms with Gasteiger partial charge in [-0.3, -0.25) is 24.1 Å². The van der Waals surface area contributed by atoms with Gasteiger partial charge in [0.15, 0.2) is 9.75 Å². The number of hydrogen-bond donors (Lipinski definition) is 1. The molecule has 46 heavy (non-hydrogen) atoms. The Balaban J connectivity index is 1.39. The average molecular weight is 662 g/mol. The standard InChI is InChI=1S/C35H27Cl2FN2O6/c1-3-18-4-8-20(9-5-18)39-30(42)25-15-14-23-26(28(25)31(39)43)17-34(36)32(44)40(21-10-6-19(38)7-11-21)33(45)35(34,37)29(23)24-13-12-22(46-2)16-27(24)41/h3-14,16,25-26,28-29,41H,1,15,17H2,2H3/t25-,26+,28-,29+,34+,35-/m0/s1. The number of halogens is 3. The maximum Gasteiger partial charge on any atom is 0.258 e. The Morgan fingerprint density at radius 3 is 2.20 bits per heavy atom. The van der Waals surface area contributed by atoms with Crippen molar-refractivity contribution in [1.29, 1.82) is 0 Å². The number of phenolic OH excluding ortho intramolecular Hbond substituents is 1. The normalized spacial score (nSPS) is 30.1. The van der Waals surface area contributed by atoms with Gasteiger partial charge < -0.3 is 9.84 Å². The third-order valence-corrected chi connectivity index (χ3v) is 11.2. The first-order valence-electron chi connectivity index (χ1n) is 14.7. The molecule has 6 atom stereocenters. The number of hydrogen-bond acceptors (Lipinski definition) is 6. The molecule has 0 radical (unpaired) electrons. The first kappa shape index (κ1) is 30.2. The van der Waals surface area contributed by atoms with Crippen LogP contribution < -0.4 is 14.5 Å². The topological polar surface area (TPSA) is 104 Å². The fourth-order valence-electron chi connectivity index (χ4n) is 7.65. The van der Waals surface area contributed by atoms with E-state index in [1.54, 1.807) is 48.6 Å². The van der Waals surface area contributed by atoms with Gasteiger partial charge in [-0.2, -0.15) is 0 Å². The van der Waals surface area contributed by atoms with Crippen molar-refractivity contribution < 1.29 is 33.4 Å². The molecule has 0 unspecified atom stereocenters. The number of imide groups is 2. The molecule has 3 fully saturated rings. The van der Waals surface area contributed by atoms with Crippen LogP contribution in [0.25, 0.3) is 6.08 Å². The van der Waals surface area contributed by atoms with E-state index in [4.69, 9.17) is 27.9 Å². The summed E-state index contributed by atoms with van der Waals surface area (Å²) < 4.78 is 19.1. The van der Waals surface area contributed by atoms with Crippen molar-refractivity contribution in [3.05, 3.63) is 102 Å². The maximum atomic E-state index is 14.4. The van der Waals surface area contributed by atoms with Crippen molar-refractivity contribution in [2.75, 3.05) is 16.9 Å². The highest BCUT2D eigenvalue weighted by Crippen LogP contribution is 2.66. The molecule has 8 nitrogen and oxygen atoms in total. The molecule has 0 aromatic heterocycles. The van der Waals surface area contributed by atoms with Gasteiger partial charge in [-0.25, -0.2) is 9.29 Å². The van der Waals surface area contributed by atoms with Crippen molar-refractivity contribution in [3.63, 3.8) is 0 Å². The van der Waals surface area contributed by atoms with Gasteiger partial charge in [0.05, 0.1) is 30.3 Å². The minimum atomic E-state index is -2.16. The second kappa shape index (κ2) is 10.5. The SMILES string of the molecule is C=Cc1ccc(N2C(=O)[C@H]3[C@H](CC=C4[C@H]3C[C@@]3(Cl)C(=O)N(c5ccc(F)cc5)C(=O)[C@@]3(Cl)[C@H]4c3ccc(OC)cc3O)C2=O)cc1. The number of fused-ring (bicyclic) bond motifs is 4.